The molecule has 0 aliphatic heterocycles. The van der Waals surface area contributed by atoms with Gasteiger partial charge in [0, 0.05) is 5.02 Å². The van der Waals surface area contributed by atoms with Crippen LogP contribution in [0.3, 0.4) is 0 Å². The van der Waals surface area contributed by atoms with E-state index in [1.807, 2.05) is 0 Å². The molecule has 0 aromatic heterocycles. The van der Waals surface area contributed by atoms with E-state index >= 15 is 0 Å². The van der Waals surface area contributed by atoms with E-state index in [1.54, 1.807) is 0 Å². The molecule has 1 rings (SSSR count). The summed E-state index contributed by atoms with van der Waals surface area (Å²) in [5.41, 5.74) is 0. The predicted octanol–water partition coefficient (Wildman–Crippen LogP) is 1.18. The molecule has 0 aliphatic rings. The summed E-state index contributed by atoms with van der Waals surface area (Å²) in [6.07, 6.45) is -1.18. The molecule has 16 heavy (non-hydrogen) atoms. The fourth-order valence-electron chi connectivity index (χ4n) is 0.807. The average molecular weight is 287 g/mol. The Morgan fingerprint density at radius 3 is 2.19 bits per heavy atom. The maximum Gasteiger partial charge on any atom is 0.352 e. The van der Waals surface area contributed by atoms with Crippen molar-refractivity contribution in [3.05, 3.63) is 29.3 Å². The lowest BCUT2D eigenvalue weighted by Gasteiger charge is -2.06. The molecule has 9 heteroatoms. The maximum absolute atomic E-state index is 11.4. The Balaban J connectivity index is 2.87. The second kappa shape index (κ2) is 4.83. The molecule has 0 bridgehead atoms. The molecule has 0 aliphatic carbocycles. The highest BCUT2D eigenvalue weighted by molar-refractivity contribution is 7.87. The molecule has 0 atom stereocenters. The van der Waals surface area contributed by atoms with E-state index < -0.39 is 24.1 Å². The molecule has 0 radical (unpaired) electrons. The van der Waals surface area contributed by atoms with Gasteiger partial charge in [-0.15, -0.1) is 0 Å². The summed E-state index contributed by atoms with van der Waals surface area (Å²) in [7, 11) is -8.68. The van der Waals surface area contributed by atoms with Gasteiger partial charge in [0.15, 0.2) is 6.35 Å². The van der Waals surface area contributed by atoms with E-state index in [4.69, 9.17) is 21.4 Å². The number of hydrogen-bond donors (Lipinski definition) is 2. The topological polar surface area (TPSA) is 101 Å². The molecule has 0 spiro atoms. The van der Waals surface area contributed by atoms with Crippen LogP contribution in [0, 0.1) is 0 Å². The van der Waals surface area contributed by atoms with E-state index in [9.17, 15) is 13.0 Å². The molecule has 0 saturated heterocycles. The summed E-state index contributed by atoms with van der Waals surface area (Å²) < 4.78 is 37.4. The van der Waals surface area contributed by atoms with Gasteiger partial charge in [-0.3, -0.25) is 8.75 Å². The summed E-state index contributed by atoms with van der Waals surface area (Å²) in [6, 6.07) is 5.01. The fourth-order valence-corrected chi connectivity index (χ4v) is 2.64. The Labute approximate surface area is 97.1 Å². The number of hydrogen-bond acceptors (Lipinski definition) is 4. The minimum atomic E-state index is -4.52. The first-order chi connectivity index (χ1) is 7.21. The van der Waals surface area contributed by atoms with E-state index in [1.165, 1.54) is 24.3 Å². The van der Waals surface area contributed by atoms with Crippen LogP contribution in [-0.4, -0.2) is 24.6 Å². The molecule has 0 amide bonds. The molecule has 0 unspecified atom stereocenters. The molecule has 0 heterocycles. The smallest absolute Gasteiger partial charge is 0.323 e. The Bertz CT molecular complexity index is 504. The van der Waals surface area contributed by atoms with Gasteiger partial charge in [0.05, 0.1) is 4.90 Å². The van der Waals surface area contributed by atoms with Gasteiger partial charge < -0.3 is 9.79 Å². The van der Waals surface area contributed by atoms with Gasteiger partial charge in [0.2, 0.25) is 0 Å². The second-order valence-electron chi connectivity index (χ2n) is 2.82. The number of benzene rings is 1. The van der Waals surface area contributed by atoms with Crippen LogP contribution in [0.5, 0.6) is 0 Å². The van der Waals surface area contributed by atoms with Gasteiger partial charge >= 0.3 is 7.60 Å². The highest BCUT2D eigenvalue weighted by Crippen LogP contribution is 2.35. The second-order valence-corrected chi connectivity index (χ2v) is 6.46. The third-order valence-electron chi connectivity index (χ3n) is 1.48. The van der Waals surface area contributed by atoms with Crippen LogP contribution in [0.1, 0.15) is 0 Å². The molecule has 0 fully saturated rings. The summed E-state index contributed by atoms with van der Waals surface area (Å²) in [5.74, 6) is 0. The molecule has 6 nitrogen and oxygen atoms in total. The zero-order valence-corrected chi connectivity index (χ0v) is 10.2. The van der Waals surface area contributed by atoms with Gasteiger partial charge in [0.25, 0.3) is 10.1 Å². The predicted molar refractivity (Wildman–Crippen MR) is 56.6 cm³/mol. The first-order valence-corrected chi connectivity index (χ1v) is 7.49. The van der Waals surface area contributed by atoms with Crippen LogP contribution in [0.4, 0.5) is 0 Å². The van der Waals surface area contributed by atoms with Crippen LogP contribution in [0.2, 0.25) is 5.02 Å². The minimum Gasteiger partial charge on any atom is -0.323 e. The van der Waals surface area contributed by atoms with Crippen LogP contribution in [0.15, 0.2) is 29.2 Å². The standard InChI is InChI=1S/C7H8ClO6PS/c8-6-1-3-7(4-2-6)16(12,13)14-5-15(9,10)11/h1-4H,5H2,(H2,9,10,11). The highest BCUT2D eigenvalue weighted by Gasteiger charge is 2.21. The van der Waals surface area contributed by atoms with Crippen molar-refractivity contribution in [3.8, 4) is 0 Å². The highest BCUT2D eigenvalue weighted by atomic mass is 35.5. The first-order valence-electron chi connectivity index (χ1n) is 3.90. The van der Waals surface area contributed by atoms with E-state index in [0.717, 1.165) is 0 Å². The monoisotopic (exact) mass is 286 g/mol. The van der Waals surface area contributed by atoms with Gasteiger partial charge in [-0.05, 0) is 24.3 Å². The van der Waals surface area contributed by atoms with Crippen molar-refractivity contribution in [1.82, 2.24) is 0 Å². The molecular formula is C7H8ClO6PS. The molecule has 90 valence electrons. The van der Waals surface area contributed by atoms with Gasteiger partial charge in [-0.1, -0.05) is 11.6 Å². The van der Waals surface area contributed by atoms with E-state index in [0.29, 0.717) is 5.02 Å². The van der Waals surface area contributed by atoms with Crippen molar-refractivity contribution in [2.45, 2.75) is 4.90 Å². The van der Waals surface area contributed by atoms with Crippen LogP contribution in [-0.2, 0) is 18.9 Å². The summed E-state index contributed by atoms with van der Waals surface area (Å²) in [5, 5.41) is 0.342. The molecule has 0 saturated carbocycles. The fraction of sp³-hybridized carbons (Fsp3) is 0.143. The van der Waals surface area contributed by atoms with Crippen molar-refractivity contribution >= 4 is 29.3 Å². The Hall–Kier alpha value is -0.430. The minimum absolute atomic E-state index is 0.217. The van der Waals surface area contributed by atoms with Gasteiger partial charge in [-0.25, -0.2) is 0 Å². The summed E-state index contributed by atoms with van der Waals surface area (Å²) in [4.78, 5) is 16.7. The Kier molecular flexibility index (Phi) is 4.12. The van der Waals surface area contributed by atoms with Crippen LogP contribution in [0.25, 0.3) is 0 Å². The van der Waals surface area contributed by atoms with Crippen molar-refractivity contribution in [3.63, 3.8) is 0 Å². The van der Waals surface area contributed by atoms with Crippen LogP contribution >= 0.6 is 19.2 Å². The number of rotatable bonds is 4. The SMILES string of the molecule is O=P(O)(O)COS(=O)(=O)c1ccc(Cl)cc1. The normalized spacial score (nSPS) is 12.7. The third-order valence-corrected chi connectivity index (χ3v) is 3.65. The lowest BCUT2D eigenvalue weighted by molar-refractivity contribution is 0.301. The zero-order valence-electron chi connectivity index (χ0n) is 7.78. The summed E-state index contributed by atoms with van der Waals surface area (Å²) in [6.45, 7) is 0. The number of halogens is 1. The van der Waals surface area contributed by atoms with Crippen molar-refractivity contribution in [2.24, 2.45) is 0 Å². The first kappa shape index (κ1) is 13.6. The quantitative estimate of drug-likeness (QED) is 0.637. The molecular weight excluding hydrogens is 279 g/mol. The average Bonchev–Trinajstić information content (AvgIpc) is 2.15. The largest absolute Gasteiger partial charge is 0.352 e. The lowest BCUT2D eigenvalue weighted by Crippen LogP contribution is -2.07. The Morgan fingerprint density at radius 2 is 1.75 bits per heavy atom. The van der Waals surface area contributed by atoms with Crippen molar-refractivity contribution in [1.29, 1.82) is 0 Å². The lowest BCUT2D eigenvalue weighted by atomic mass is 10.4. The van der Waals surface area contributed by atoms with E-state index in [2.05, 4.69) is 4.18 Å². The van der Waals surface area contributed by atoms with Crippen molar-refractivity contribution in [2.75, 3.05) is 6.35 Å². The van der Waals surface area contributed by atoms with Gasteiger partial charge in [-0.2, -0.15) is 8.42 Å². The maximum atomic E-state index is 11.4. The summed E-state index contributed by atoms with van der Waals surface area (Å²) >= 11 is 5.55. The zero-order chi connectivity index (χ0) is 12.4. The molecule has 1 aromatic rings. The Morgan fingerprint density at radius 1 is 1.25 bits per heavy atom. The molecule has 1 aromatic carbocycles. The van der Waals surface area contributed by atoms with Crippen molar-refractivity contribution < 1.29 is 27.0 Å². The van der Waals surface area contributed by atoms with Gasteiger partial charge in [0.1, 0.15) is 0 Å². The van der Waals surface area contributed by atoms with Crippen LogP contribution < -0.4 is 0 Å². The molecule has 2 N–H and O–H groups in total. The third kappa shape index (κ3) is 4.21. The van der Waals surface area contributed by atoms with E-state index in [-0.39, 0.29) is 4.90 Å².